The summed E-state index contributed by atoms with van der Waals surface area (Å²) in [6.07, 6.45) is 1.42. The third-order valence-electron chi connectivity index (χ3n) is 2.39. The van der Waals surface area contributed by atoms with E-state index in [4.69, 9.17) is 5.11 Å². The van der Waals surface area contributed by atoms with Crippen molar-refractivity contribution >= 4 is 15.8 Å². The average Bonchev–Trinajstić information content (AvgIpc) is 3.01. The summed E-state index contributed by atoms with van der Waals surface area (Å²) in [5, 5.41) is 8.39. The molecule has 0 bridgehead atoms. The molecule has 0 heterocycles. The Kier molecular flexibility index (Phi) is 2.26. The smallest absolute Gasteiger partial charge is 0.335 e. The van der Waals surface area contributed by atoms with Crippen LogP contribution in [0.1, 0.15) is 23.2 Å². The number of hydrogen-bond donors (Lipinski definition) is 1. The Morgan fingerprint density at radius 1 is 1.20 bits per heavy atom. The third kappa shape index (κ3) is 1.87. The van der Waals surface area contributed by atoms with Crippen molar-refractivity contribution in [2.45, 2.75) is 23.0 Å². The minimum Gasteiger partial charge on any atom is -0.478 e. The molecule has 0 amide bonds. The van der Waals surface area contributed by atoms with E-state index in [1.54, 1.807) is 0 Å². The zero-order valence-corrected chi connectivity index (χ0v) is 8.70. The molecule has 0 aromatic heterocycles. The van der Waals surface area contributed by atoms with Crippen molar-refractivity contribution in [2.24, 2.45) is 0 Å². The molecular formula is C10H10O4S. The van der Waals surface area contributed by atoms with Gasteiger partial charge in [0.1, 0.15) is 0 Å². The lowest BCUT2D eigenvalue weighted by Crippen LogP contribution is -2.07. The molecule has 1 fully saturated rings. The van der Waals surface area contributed by atoms with Gasteiger partial charge in [0, 0.05) is 0 Å². The maximum Gasteiger partial charge on any atom is 0.335 e. The van der Waals surface area contributed by atoms with Crippen LogP contribution in [0.25, 0.3) is 0 Å². The van der Waals surface area contributed by atoms with E-state index in [-0.39, 0.29) is 15.7 Å². The Morgan fingerprint density at radius 3 is 2.13 bits per heavy atom. The second-order valence-corrected chi connectivity index (χ2v) is 5.80. The molecule has 15 heavy (non-hydrogen) atoms. The van der Waals surface area contributed by atoms with Crippen LogP contribution in [0, 0.1) is 0 Å². The summed E-state index contributed by atoms with van der Waals surface area (Å²) in [6, 6.07) is 5.35. The summed E-state index contributed by atoms with van der Waals surface area (Å²) in [4.78, 5) is 10.8. The van der Waals surface area contributed by atoms with Crippen LogP contribution in [-0.4, -0.2) is 24.7 Å². The first kappa shape index (κ1) is 10.2. The lowest BCUT2D eigenvalue weighted by atomic mass is 10.2. The molecular weight excluding hydrogens is 216 g/mol. The van der Waals surface area contributed by atoms with Crippen molar-refractivity contribution in [3.05, 3.63) is 29.8 Å². The Bertz CT molecular complexity index is 483. The fourth-order valence-electron chi connectivity index (χ4n) is 1.36. The lowest BCUT2D eigenvalue weighted by Gasteiger charge is -2.02. The summed E-state index contributed by atoms with van der Waals surface area (Å²) < 4.78 is 23.5. The van der Waals surface area contributed by atoms with E-state index in [9.17, 15) is 13.2 Å². The molecule has 0 spiro atoms. The highest BCUT2D eigenvalue weighted by atomic mass is 32.2. The van der Waals surface area contributed by atoms with E-state index >= 15 is 0 Å². The Labute approximate surface area is 87.5 Å². The monoisotopic (exact) mass is 226 g/mol. The van der Waals surface area contributed by atoms with Crippen LogP contribution in [-0.2, 0) is 9.84 Å². The largest absolute Gasteiger partial charge is 0.478 e. The van der Waals surface area contributed by atoms with Gasteiger partial charge < -0.3 is 5.11 Å². The van der Waals surface area contributed by atoms with Gasteiger partial charge in [0.2, 0.25) is 0 Å². The maximum atomic E-state index is 11.7. The molecule has 2 rings (SSSR count). The van der Waals surface area contributed by atoms with E-state index in [1.165, 1.54) is 24.3 Å². The van der Waals surface area contributed by atoms with E-state index in [2.05, 4.69) is 0 Å². The van der Waals surface area contributed by atoms with Crippen molar-refractivity contribution in [1.29, 1.82) is 0 Å². The molecule has 1 aromatic rings. The van der Waals surface area contributed by atoms with Gasteiger partial charge in [0.05, 0.1) is 15.7 Å². The molecule has 5 heteroatoms. The lowest BCUT2D eigenvalue weighted by molar-refractivity contribution is 0.0697. The average molecular weight is 226 g/mol. The fourth-order valence-corrected chi connectivity index (χ4v) is 3.02. The van der Waals surface area contributed by atoms with Crippen molar-refractivity contribution in [3.63, 3.8) is 0 Å². The zero-order chi connectivity index (χ0) is 11.1. The molecule has 4 nitrogen and oxygen atoms in total. The quantitative estimate of drug-likeness (QED) is 0.843. The van der Waals surface area contributed by atoms with Crippen molar-refractivity contribution in [1.82, 2.24) is 0 Å². The number of aromatic carboxylic acids is 1. The minimum absolute atomic E-state index is 0.102. The standard InChI is InChI=1S/C10H10O4S/c11-10(12)7-1-3-8(4-2-7)15(13,14)9-5-6-9/h1-4,9H,5-6H2,(H,11,12). The van der Waals surface area contributed by atoms with E-state index in [1.807, 2.05) is 0 Å². The molecule has 1 aromatic carbocycles. The van der Waals surface area contributed by atoms with Gasteiger partial charge in [-0.3, -0.25) is 0 Å². The highest BCUT2D eigenvalue weighted by Gasteiger charge is 2.36. The van der Waals surface area contributed by atoms with Crippen LogP contribution in [0.15, 0.2) is 29.2 Å². The van der Waals surface area contributed by atoms with Gasteiger partial charge in [0.15, 0.2) is 9.84 Å². The van der Waals surface area contributed by atoms with Gasteiger partial charge in [-0.1, -0.05) is 0 Å². The highest BCUT2D eigenvalue weighted by molar-refractivity contribution is 7.92. The maximum absolute atomic E-state index is 11.7. The molecule has 0 aliphatic heterocycles. The minimum atomic E-state index is -3.20. The van der Waals surface area contributed by atoms with Gasteiger partial charge in [-0.05, 0) is 37.1 Å². The van der Waals surface area contributed by atoms with Crippen LogP contribution in [0.2, 0.25) is 0 Å². The predicted molar refractivity (Wildman–Crippen MR) is 53.6 cm³/mol. The molecule has 0 radical (unpaired) electrons. The molecule has 0 unspecified atom stereocenters. The van der Waals surface area contributed by atoms with Gasteiger partial charge in [-0.15, -0.1) is 0 Å². The second kappa shape index (κ2) is 3.34. The SMILES string of the molecule is O=C(O)c1ccc(S(=O)(=O)C2CC2)cc1. The Morgan fingerprint density at radius 2 is 1.73 bits per heavy atom. The topological polar surface area (TPSA) is 71.4 Å². The molecule has 1 saturated carbocycles. The molecule has 1 aliphatic rings. The number of rotatable bonds is 3. The van der Waals surface area contributed by atoms with Crippen molar-refractivity contribution in [3.8, 4) is 0 Å². The summed E-state index contributed by atoms with van der Waals surface area (Å²) in [5.74, 6) is -1.05. The number of benzene rings is 1. The molecule has 0 atom stereocenters. The van der Waals surface area contributed by atoms with Gasteiger partial charge in [-0.2, -0.15) is 0 Å². The van der Waals surface area contributed by atoms with Crippen molar-refractivity contribution < 1.29 is 18.3 Å². The van der Waals surface area contributed by atoms with E-state index < -0.39 is 15.8 Å². The Hall–Kier alpha value is -1.36. The molecule has 1 aliphatic carbocycles. The van der Waals surface area contributed by atoms with Crippen LogP contribution >= 0.6 is 0 Å². The Balaban J connectivity index is 2.35. The third-order valence-corrected chi connectivity index (χ3v) is 4.67. The molecule has 80 valence electrons. The zero-order valence-electron chi connectivity index (χ0n) is 7.88. The van der Waals surface area contributed by atoms with Crippen LogP contribution in [0.4, 0.5) is 0 Å². The van der Waals surface area contributed by atoms with Crippen LogP contribution < -0.4 is 0 Å². The van der Waals surface area contributed by atoms with Crippen molar-refractivity contribution in [2.75, 3.05) is 0 Å². The van der Waals surface area contributed by atoms with Gasteiger partial charge >= 0.3 is 5.97 Å². The molecule has 0 saturated heterocycles. The number of sulfone groups is 1. The van der Waals surface area contributed by atoms with Crippen LogP contribution in [0.3, 0.4) is 0 Å². The summed E-state index contributed by atoms with van der Waals surface area (Å²) in [7, 11) is -3.20. The predicted octanol–water partition coefficient (Wildman–Crippen LogP) is 1.32. The summed E-state index contributed by atoms with van der Waals surface area (Å²) in [6.45, 7) is 0. The van der Waals surface area contributed by atoms with E-state index in [0.29, 0.717) is 12.8 Å². The molecule has 1 N–H and O–H groups in total. The summed E-state index contributed by atoms with van der Waals surface area (Å²) in [5.41, 5.74) is 0.102. The first-order valence-electron chi connectivity index (χ1n) is 4.59. The second-order valence-electron chi connectivity index (χ2n) is 3.57. The van der Waals surface area contributed by atoms with Gasteiger partial charge in [0.25, 0.3) is 0 Å². The first-order chi connectivity index (χ1) is 7.01. The highest BCUT2D eigenvalue weighted by Crippen LogP contribution is 2.33. The normalized spacial score (nSPS) is 16.3. The number of hydrogen-bond acceptors (Lipinski definition) is 3. The number of carboxylic acid groups (broad SMARTS) is 1. The number of carboxylic acids is 1. The van der Waals surface area contributed by atoms with Crippen LogP contribution in [0.5, 0.6) is 0 Å². The van der Waals surface area contributed by atoms with Gasteiger partial charge in [-0.25, -0.2) is 13.2 Å². The first-order valence-corrected chi connectivity index (χ1v) is 6.14. The fraction of sp³-hybridized carbons (Fsp3) is 0.300. The number of carbonyl (C=O) groups is 1. The van der Waals surface area contributed by atoms with E-state index in [0.717, 1.165) is 0 Å². The summed E-state index contributed by atoms with van der Waals surface area (Å²) >= 11 is 0.